The summed E-state index contributed by atoms with van der Waals surface area (Å²) in [4.78, 5) is 11.6. The predicted octanol–water partition coefficient (Wildman–Crippen LogP) is 3.50. The van der Waals surface area contributed by atoms with Crippen molar-refractivity contribution in [2.24, 2.45) is 0 Å². The predicted molar refractivity (Wildman–Crippen MR) is 78.4 cm³/mol. The molecule has 0 spiro atoms. The van der Waals surface area contributed by atoms with Crippen LogP contribution in [0, 0.1) is 0 Å². The van der Waals surface area contributed by atoms with E-state index in [2.05, 4.69) is 19.2 Å². The molecule has 0 aliphatic rings. The lowest BCUT2D eigenvalue weighted by Gasteiger charge is -2.30. The number of hydrogen-bond donors (Lipinski definition) is 2. The molecule has 0 heterocycles. The molecule has 0 aromatic heterocycles. The summed E-state index contributed by atoms with van der Waals surface area (Å²) >= 11 is 0. The Kier molecular flexibility index (Phi) is 5.12. The summed E-state index contributed by atoms with van der Waals surface area (Å²) in [5.74, 6) is -0.391. The van der Waals surface area contributed by atoms with Crippen LogP contribution in [0.2, 0.25) is 0 Å². The zero-order valence-electron chi connectivity index (χ0n) is 12.5. The Hall–Kier alpha value is -1.35. The molecule has 0 radical (unpaired) electrons. The third-order valence-corrected chi connectivity index (χ3v) is 3.73. The molecular weight excluding hydrogens is 238 g/mol. The van der Waals surface area contributed by atoms with Gasteiger partial charge in [0.05, 0.1) is 0 Å². The summed E-state index contributed by atoms with van der Waals surface area (Å²) in [5.41, 5.74) is 0.981. The lowest BCUT2D eigenvalue weighted by Crippen LogP contribution is -2.50. The Bertz CT molecular complexity index is 425. The van der Waals surface area contributed by atoms with Crippen LogP contribution in [0.1, 0.15) is 58.1 Å². The fraction of sp³-hybridized carbons (Fsp3) is 0.562. The van der Waals surface area contributed by atoms with Gasteiger partial charge in [-0.3, -0.25) is 5.32 Å². The number of rotatable bonds is 6. The van der Waals surface area contributed by atoms with Gasteiger partial charge in [-0.15, -0.1) is 0 Å². The van der Waals surface area contributed by atoms with Gasteiger partial charge in [0.1, 0.15) is 5.54 Å². The number of benzene rings is 1. The number of carboxylic acids is 1. The molecule has 106 valence electrons. The van der Waals surface area contributed by atoms with Gasteiger partial charge >= 0.3 is 5.97 Å². The number of carboxylic acid groups (broad SMARTS) is 1. The number of hydrogen-bond acceptors (Lipinski definition) is 2. The lowest BCUT2D eigenvalue weighted by atomic mass is 9.89. The Balaban J connectivity index is 3.08. The highest BCUT2D eigenvalue weighted by Crippen LogP contribution is 2.24. The van der Waals surface area contributed by atoms with Gasteiger partial charge in [-0.05, 0) is 37.3 Å². The topological polar surface area (TPSA) is 49.3 Å². The van der Waals surface area contributed by atoms with E-state index in [-0.39, 0.29) is 6.04 Å². The highest BCUT2D eigenvalue weighted by atomic mass is 16.4. The van der Waals surface area contributed by atoms with Crippen molar-refractivity contribution in [3.05, 3.63) is 35.4 Å². The van der Waals surface area contributed by atoms with Crippen LogP contribution < -0.4 is 5.32 Å². The van der Waals surface area contributed by atoms with Gasteiger partial charge in [0.15, 0.2) is 0 Å². The van der Waals surface area contributed by atoms with Gasteiger partial charge in [0.2, 0.25) is 0 Å². The van der Waals surface area contributed by atoms with Crippen molar-refractivity contribution in [1.29, 1.82) is 0 Å². The largest absolute Gasteiger partial charge is 0.480 e. The van der Waals surface area contributed by atoms with Crippen LogP contribution >= 0.6 is 0 Å². The zero-order valence-corrected chi connectivity index (χ0v) is 12.5. The Morgan fingerprint density at radius 3 is 2.16 bits per heavy atom. The summed E-state index contributed by atoms with van der Waals surface area (Å²) in [6.07, 6.45) is 0.896. The van der Waals surface area contributed by atoms with Crippen LogP contribution in [-0.4, -0.2) is 17.1 Å². The van der Waals surface area contributed by atoms with Gasteiger partial charge in [-0.1, -0.05) is 45.0 Å². The fourth-order valence-corrected chi connectivity index (χ4v) is 2.06. The quantitative estimate of drug-likeness (QED) is 0.826. The third-order valence-electron chi connectivity index (χ3n) is 3.73. The van der Waals surface area contributed by atoms with Crippen molar-refractivity contribution in [3.63, 3.8) is 0 Å². The molecule has 2 unspecified atom stereocenters. The minimum atomic E-state index is -1.04. The summed E-state index contributed by atoms with van der Waals surface area (Å²) < 4.78 is 0. The van der Waals surface area contributed by atoms with Crippen molar-refractivity contribution in [3.8, 4) is 0 Å². The SMILES string of the molecule is CCC(C)NC(C)(C(=O)O)c1ccc(C(C)C)cc1. The summed E-state index contributed by atoms with van der Waals surface area (Å²) in [6, 6.07) is 8.02. The first-order valence-corrected chi connectivity index (χ1v) is 6.92. The van der Waals surface area contributed by atoms with Crippen LogP contribution in [0.25, 0.3) is 0 Å². The van der Waals surface area contributed by atoms with Crippen LogP contribution in [0.3, 0.4) is 0 Å². The van der Waals surface area contributed by atoms with E-state index in [0.29, 0.717) is 5.92 Å². The van der Waals surface area contributed by atoms with Gasteiger partial charge in [0, 0.05) is 6.04 Å². The highest BCUT2D eigenvalue weighted by molar-refractivity contribution is 5.80. The third kappa shape index (κ3) is 3.57. The molecule has 1 aromatic rings. The summed E-state index contributed by atoms with van der Waals surface area (Å²) in [6.45, 7) is 10.0. The first-order valence-electron chi connectivity index (χ1n) is 6.92. The van der Waals surface area contributed by atoms with Crippen LogP contribution in [-0.2, 0) is 10.3 Å². The van der Waals surface area contributed by atoms with E-state index in [0.717, 1.165) is 12.0 Å². The van der Waals surface area contributed by atoms with Gasteiger partial charge < -0.3 is 5.11 Å². The van der Waals surface area contributed by atoms with E-state index in [4.69, 9.17) is 0 Å². The second-order valence-electron chi connectivity index (χ2n) is 5.66. The minimum absolute atomic E-state index is 0.158. The Morgan fingerprint density at radius 1 is 1.26 bits per heavy atom. The molecule has 0 saturated heterocycles. The molecule has 1 aromatic carbocycles. The van der Waals surface area contributed by atoms with E-state index in [1.54, 1.807) is 6.92 Å². The molecule has 2 N–H and O–H groups in total. The van der Waals surface area contributed by atoms with Gasteiger partial charge in [-0.25, -0.2) is 4.79 Å². The molecule has 3 nitrogen and oxygen atoms in total. The molecule has 19 heavy (non-hydrogen) atoms. The average Bonchev–Trinajstić information content (AvgIpc) is 2.38. The lowest BCUT2D eigenvalue weighted by molar-refractivity contribution is -0.145. The van der Waals surface area contributed by atoms with E-state index >= 15 is 0 Å². The van der Waals surface area contributed by atoms with Crippen molar-refractivity contribution >= 4 is 5.97 Å². The smallest absolute Gasteiger partial charge is 0.328 e. The standard InChI is InChI=1S/C16H25NO2/c1-6-12(4)17-16(5,15(18)19)14-9-7-13(8-10-14)11(2)3/h7-12,17H,6H2,1-5H3,(H,18,19). The molecule has 3 heteroatoms. The molecule has 2 atom stereocenters. The fourth-order valence-electron chi connectivity index (χ4n) is 2.06. The molecule has 1 rings (SSSR count). The van der Waals surface area contributed by atoms with Crippen molar-refractivity contribution in [2.45, 2.75) is 58.5 Å². The zero-order chi connectivity index (χ0) is 14.6. The van der Waals surface area contributed by atoms with E-state index < -0.39 is 11.5 Å². The molecule has 0 fully saturated rings. The maximum absolute atomic E-state index is 11.6. The van der Waals surface area contributed by atoms with Gasteiger partial charge in [-0.2, -0.15) is 0 Å². The van der Waals surface area contributed by atoms with E-state index in [1.807, 2.05) is 38.1 Å². The van der Waals surface area contributed by atoms with Gasteiger partial charge in [0.25, 0.3) is 0 Å². The van der Waals surface area contributed by atoms with E-state index in [9.17, 15) is 9.90 Å². The minimum Gasteiger partial charge on any atom is -0.480 e. The van der Waals surface area contributed by atoms with Crippen LogP contribution in [0.4, 0.5) is 0 Å². The maximum Gasteiger partial charge on any atom is 0.328 e. The van der Waals surface area contributed by atoms with Crippen molar-refractivity contribution in [2.75, 3.05) is 0 Å². The number of nitrogens with one attached hydrogen (secondary N) is 1. The molecule has 0 saturated carbocycles. The first-order chi connectivity index (χ1) is 8.81. The Labute approximate surface area is 116 Å². The van der Waals surface area contributed by atoms with Crippen LogP contribution in [0.15, 0.2) is 24.3 Å². The molecule has 0 aliphatic carbocycles. The number of aliphatic carboxylic acids is 1. The number of carbonyl (C=O) groups is 1. The summed E-state index contributed by atoms with van der Waals surface area (Å²) in [7, 11) is 0. The normalized spacial score (nSPS) is 16.1. The molecular formula is C16H25NO2. The maximum atomic E-state index is 11.6. The van der Waals surface area contributed by atoms with E-state index in [1.165, 1.54) is 5.56 Å². The van der Waals surface area contributed by atoms with Crippen LogP contribution in [0.5, 0.6) is 0 Å². The average molecular weight is 263 g/mol. The molecule has 0 amide bonds. The molecule has 0 aliphatic heterocycles. The monoisotopic (exact) mass is 263 g/mol. The van der Waals surface area contributed by atoms with Crippen molar-refractivity contribution < 1.29 is 9.90 Å². The van der Waals surface area contributed by atoms with Crippen molar-refractivity contribution in [1.82, 2.24) is 5.32 Å². The molecule has 0 bridgehead atoms. The first kappa shape index (κ1) is 15.7. The second kappa shape index (κ2) is 6.20. The second-order valence-corrected chi connectivity index (χ2v) is 5.66. The Morgan fingerprint density at radius 2 is 1.79 bits per heavy atom. The summed E-state index contributed by atoms with van der Waals surface area (Å²) in [5, 5.41) is 12.8. The highest BCUT2D eigenvalue weighted by Gasteiger charge is 2.35.